The van der Waals surface area contributed by atoms with Crippen LogP contribution in [-0.4, -0.2) is 29.8 Å². The highest BCUT2D eigenvalue weighted by Crippen LogP contribution is 2.21. The number of hydrogen-bond acceptors (Lipinski definition) is 1. The summed E-state index contributed by atoms with van der Waals surface area (Å²) in [7, 11) is 0. The zero-order valence-electron chi connectivity index (χ0n) is 11.5. The summed E-state index contributed by atoms with van der Waals surface area (Å²) in [6.07, 6.45) is 1.98. The van der Waals surface area contributed by atoms with Gasteiger partial charge in [0.1, 0.15) is 0 Å². The third kappa shape index (κ3) is 3.88. The van der Waals surface area contributed by atoms with Gasteiger partial charge in [-0.1, -0.05) is 30.3 Å². The fraction of sp³-hybridized carbons (Fsp3) is 0.400. The molecule has 0 radical (unpaired) electrons. The fourth-order valence-corrected chi connectivity index (χ4v) is 1.76. The van der Waals surface area contributed by atoms with Crippen molar-refractivity contribution in [3.63, 3.8) is 0 Å². The second-order valence-corrected chi connectivity index (χ2v) is 4.29. The highest BCUT2D eigenvalue weighted by atomic mass is 19.3. The maximum atomic E-state index is 13.8. The summed E-state index contributed by atoms with van der Waals surface area (Å²) < 4.78 is 27.6. The summed E-state index contributed by atoms with van der Waals surface area (Å²) in [5, 5.41) is 0. The predicted molar refractivity (Wildman–Crippen MR) is 73.1 cm³/mol. The predicted octanol–water partition coefficient (Wildman–Crippen LogP) is 3.51. The van der Waals surface area contributed by atoms with Gasteiger partial charge in [0.15, 0.2) is 0 Å². The van der Waals surface area contributed by atoms with Crippen LogP contribution in [0.3, 0.4) is 0 Å². The minimum absolute atomic E-state index is 0.281. The lowest BCUT2D eigenvalue weighted by atomic mass is 10.1. The molecule has 0 saturated heterocycles. The minimum atomic E-state index is -3.46. The molecule has 0 aliphatic rings. The molecular weight excluding hydrogens is 248 g/mol. The molecule has 0 aromatic heterocycles. The van der Waals surface area contributed by atoms with Crippen LogP contribution in [-0.2, 0) is 4.79 Å². The summed E-state index contributed by atoms with van der Waals surface area (Å²) >= 11 is 0. The van der Waals surface area contributed by atoms with E-state index in [1.54, 1.807) is 26.0 Å². The average molecular weight is 267 g/mol. The average Bonchev–Trinajstić information content (AvgIpc) is 2.39. The molecule has 0 fully saturated rings. The van der Waals surface area contributed by atoms with Crippen LogP contribution >= 0.6 is 0 Å². The molecule has 2 nitrogen and oxygen atoms in total. The number of amides is 1. The van der Waals surface area contributed by atoms with E-state index < -0.39 is 11.8 Å². The number of hydrogen-bond donors (Lipinski definition) is 0. The zero-order valence-corrected chi connectivity index (χ0v) is 11.5. The summed E-state index contributed by atoms with van der Waals surface area (Å²) in [5.41, 5.74) is 1.58. The number of alkyl halides is 2. The van der Waals surface area contributed by atoms with Crippen molar-refractivity contribution in [2.45, 2.75) is 26.7 Å². The van der Waals surface area contributed by atoms with Crippen molar-refractivity contribution in [1.29, 1.82) is 0 Å². The van der Waals surface area contributed by atoms with Crippen molar-refractivity contribution in [2.75, 3.05) is 13.1 Å². The van der Waals surface area contributed by atoms with Gasteiger partial charge in [0.05, 0.1) is 0 Å². The highest BCUT2D eigenvalue weighted by Gasteiger charge is 2.38. The molecule has 0 aliphatic carbocycles. The standard InChI is InChI=1S/C15H19F2NO/c1-4-18(5-2)14(19)15(16,17)11-10-13-9-7-6-8-12(13)3/h6-11H,4-5H2,1-3H3/b11-10+. The van der Waals surface area contributed by atoms with Crippen LogP contribution in [0.2, 0.25) is 0 Å². The molecule has 0 saturated carbocycles. The van der Waals surface area contributed by atoms with E-state index in [4.69, 9.17) is 0 Å². The van der Waals surface area contributed by atoms with E-state index in [0.29, 0.717) is 11.6 Å². The quantitative estimate of drug-likeness (QED) is 0.799. The second-order valence-electron chi connectivity index (χ2n) is 4.29. The summed E-state index contributed by atoms with van der Waals surface area (Å²) in [6, 6.07) is 7.19. The molecule has 0 bridgehead atoms. The SMILES string of the molecule is CCN(CC)C(=O)C(F)(F)/C=C/c1ccccc1C. The molecule has 1 aromatic carbocycles. The largest absolute Gasteiger partial charge is 0.343 e. The van der Waals surface area contributed by atoms with Gasteiger partial charge in [-0.15, -0.1) is 0 Å². The Morgan fingerprint density at radius 1 is 1.26 bits per heavy atom. The molecular formula is C15H19F2NO. The van der Waals surface area contributed by atoms with Gasteiger partial charge in [-0.25, -0.2) is 0 Å². The molecule has 0 unspecified atom stereocenters. The van der Waals surface area contributed by atoms with Gasteiger partial charge in [-0.05, 0) is 38.0 Å². The lowest BCUT2D eigenvalue weighted by molar-refractivity contribution is -0.150. The third-order valence-corrected chi connectivity index (χ3v) is 3.00. The Morgan fingerprint density at radius 3 is 2.37 bits per heavy atom. The van der Waals surface area contributed by atoms with Crippen molar-refractivity contribution in [1.82, 2.24) is 4.90 Å². The molecule has 104 valence electrons. The van der Waals surface area contributed by atoms with E-state index in [-0.39, 0.29) is 13.1 Å². The maximum absolute atomic E-state index is 13.8. The van der Waals surface area contributed by atoms with E-state index in [0.717, 1.165) is 10.5 Å². The van der Waals surface area contributed by atoms with Crippen LogP contribution in [0.1, 0.15) is 25.0 Å². The summed E-state index contributed by atoms with van der Waals surface area (Å²) in [6.45, 7) is 5.77. The molecule has 19 heavy (non-hydrogen) atoms. The van der Waals surface area contributed by atoms with Crippen LogP contribution in [0.5, 0.6) is 0 Å². The Bertz CT molecular complexity index is 465. The number of nitrogens with zero attached hydrogens (tertiary/aromatic N) is 1. The van der Waals surface area contributed by atoms with Gasteiger partial charge in [0.25, 0.3) is 5.91 Å². The van der Waals surface area contributed by atoms with E-state index in [2.05, 4.69) is 0 Å². The Balaban J connectivity index is 2.90. The number of carbonyl (C=O) groups excluding carboxylic acids is 1. The Labute approximate surface area is 112 Å². The number of rotatable bonds is 5. The van der Waals surface area contributed by atoms with Gasteiger partial charge in [-0.3, -0.25) is 4.79 Å². The van der Waals surface area contributed by atoms with E-state index in [9.17, 15) is 13.6 Å². The Morgan fingerprint density at radius 2 is 1.84 bits per heavy atom. The molecule has 0 heterocycles. The number of halogens is 2. The molecule has 4 heteroatoms. The zero-order chi connectivity index (χ0) is 14.5. The lowest BCUT2D eigenvalue weighted by Gasteiger charge is -2.22. The normalized spacial score (nSPS) is 11.8. The lowest BCUT2D eigenvalue weighted by Crippen LogP contribution is -2.42. The summed E-state index contributed by atoms with van der Waals surface area (Å²) in [5.74, 6) is -4.61. The van der Waals surface area contributed by atoms with Gasteiger partial charge in [0, 0.05) is 13.1 Å². The van der Waals surface area contributed by atoms with Gasteiger partial charge in [0.2, 0.25) is 0 Å². The number of carbonyl (C=O) groups is 1. The van der Waals surface area contributed by atoms with Crippen LogP contribution in [0.4, 0.5) is 8.78 Å². The first-order chi connectivity index (χ1) is 8.92. The smallest absolute Gasteiger partial charge is 0.338 e. The fourth-order valence-electron chi connectivity index (χ4n) is 1.76. The molecule has 0 spiro atoms. The molecule has 1 amide bonds. The first-order valence-corrected chi connectivity index (χ1v) is 6.34. The second kappa shape index (κ2) is 6.45. The van der Waals surface area contributed by atoms with Crippen molar-refractivity contribution in [3.8, 4) is 0 Å². The van der Waals surface area contributed by atoms with E-state index in [1.165, 1.54) is 6.08 Å². The molecule has 0 N–H and O–H groups in total. The Hall–Kier alpha value is -1.71. The minimum Gasteiger partial charge on any atom is -0.338 e. The van der Waals surface area contributed by atoms with Crippen molar-refractivity contribution >= 4 is 12.0 Å². The first kappa shape index (κ1) is 15.3. The highest BCUT2D eigenvalue weighted by molar-refractivity contribution is 5.86. The molecule has 1 aromatic rings. The summed E-state index contributed by atoms with van der Waals surface area (Å²) in [4.78, 5) is 12.8. The monoisotopic (exact) mass is 267 g/mol. The number of aryl methyl sites for hydroxylation is 1. The van der Waals surface area contributed by atoms with Crippen molar-refractivity contribution < 1.29 is 13.6 Å². The van der Waals surface area contributed by atoms with E-state index >= 15 is 0 Å². The van der Waals surface area contributed by atoms with Gasteiger partial charge < -0.3 is 4.90 Å². The molecule has 0 aliphatic heterocycles. The van der Waals surface area contributed by atoms with Gasteiger partial charge >= 0.3 is 5.92 Å². The molecule has 0 atom stereocenters. The van der Waals surface area contributed by atoms with Crippen molar-refractivity contribution in [2.24, 2.45) is 0 Å². The topological polar surface area (TPSA) is 20.3 Å². The third-order valence-electron chi connectivity index (χ3n) is 3.00. The first-order valence-electron chi connectivity index (χ1n) is 6.34. The van der Waals surface area contributed by atoms with Crippen LogP contribution in [0.15, 0.2) is 30.3 Å². The van der Waals surface area contributed by atoms with Crippen LogP contribution in [0.25, 0.3) is 6.08 Å². The van der Waals surface area contributed by atoms with Crippen molar-refractivity contribution in [3.05, 3.63) is 41.5 Å². The van der Waals surface area contributed by atoms with Crippen LogP contribution in [0, 0.1) is 6.92 Å². The maximum Gasteiger partial charge on any atom is 0.343 e. The van der Waals surface area contributed by atoms with E-state index in [1.807, 2.05) is 19.1 Å². The van der Waals surface area contributed by atoms with Crippen LogP contribution < -0.4 is 0 Å². The number of benzene rings is 1. The Kier molecular flexibility index (Phi) is 5.21. The molecule has 1 rings (SSSR count). The van der Waals surface area contributed by atoms with Gasteiger partial charge in [-0.2, -0.15) is 8.78 Å².